The minimum atomic E-state index is 0. The van der Waals surface area contributed by atoms with Crippen molar-refractivity contribution in [1.29, 1.82) is 0 Å². The van der Waals surface area contributed by atoms with E-state index in [0.717, 1.165) is 30.3 Å². The molecule has 0 saturated heterocycles. The van der Waals surface area contributed by atoms with Gasteiger partial charge in [-0.3, -0.25) is 4.90 Å². The zero-order chi connectivity index (χ0) is 16.8. The standard InChI is InChI=1S/C18H24N2O2S.ClH/c1-20(11-13-6-5-7-15(19)8-13)12-14-9-16(21-2)17(22-3)10-18(14)23-4;/h5-10H,11-12,19H2,1-4H3;1H. The van der Waals surface area contributed by atoms with E-state index < -0.39 is 0 Å². The highest BCUT2D eigenvalue weighted by molar-refractivity contribution is 7.98. The molecule has 0 radical (unpaired) electrons. The molecule has 0 saturated carbocycles. The summed E-state index contributed by atoms with van der Waals surface area (Å²) in [5, 5.41) is 0. The zero-order valence-electron chi connectivity index (χ0n) is 14.5. The van der Waals surface area contributed by atoms with Crippen molar-refractivity contribution >= 4 is 29.9 Å². The number of halogens is 1. The predicted molar refractivity (Wildman–Crippen MR) is 105 cm³/mol. The van der Waals surface area contributed by atoms with Crippen molar-refractivity contribution in [2.75, 3.05) is 33.3 Å². The van der Waals surface area contributed by atoms with Crippen LogP contribution >= 0.6 is 24.2 Å². The molecule has 0 amide bonds. The largest absolute Gasteiger partial charge is 0.493 e. The van der Waals surface area contributed by atoms with Gasteiger partial charge in [0.2, 0.25) is 0 Å². The van der Waals surface area contributed by atoms with Crippen LogP contribution in [-0.4, -0.2) is 32.4 Å². The first-order valence-corrected chi connectivity index (χ1v) is 8.61. The van der Waals surface area contributed by atoms with Crippen LogP contribution in [0.3, 0.4) is 0 Å². The van der Waals surface area contributed by atoms with Gasteiger partial charge in [-0.1, -0.05) is 12.1 Å². The van der Waals surface area contributed by atoms with Gasteiger partial charge in [0.25, 0.3) is 0 Å². The lowest BCUT2D eigenvalue weighted by Gasteiger charge is -2.20. The molecule has 4 nitrogen and oxygen atoms in total. The molecular formula is C18H25ClN2O2S. The molecule has 2 aromatic carbocycles. The number of thioether (sulfide) groups is 1. The molecular weight excluding hydrogens is 344 g/mol. The Balaban J connectivity index is 0.00000288. The van der Waals surface area contributed by atoms with Crippen molar-refractivity contribution in [3.63, 3.8) is 0 Å². The molecule has 0 spiro atoms. The van der Waals surface area contributed by atoms with Crippen LogP contribution in [0, 0.1) is 0 Å². The number of benzene rings is 2. The number of ether oxygens (including phenoxy) is 2. The van der Waals surface area contributed by atoms with Crippen molar-refractivity contribution in [2.24, 2.45) is 0 Å². The lowest BCUT2D eigenvalue weighted by atomic mass is 10.1. The number of hydrogen-bond donors (Lipinski definition) is 1. The summed E-state index contributed by atoms with van der Waals surface area (Å²) in [6.45, 7) is 1.67. The Morgan fingerprint density at radius 3 is 2.29 bits per heavy atom. The summed E-state index contributed by atoms with van der Waals surface area (Å²) in [6.07, 6.45) is 2.07. The molecule has 2 aromatic rings. The van der Waals surface area contributed by atoms with E-state index >= 15 is 0 Å². The van der Waals surface area contributed by atoms with Gasteiger partial charge < -0.3 is 15.2 Å². The quantitative estimate of drug-likeness (QED) is 0.589. The summed E-state index contributed by atoms with van der Waals surface area (Å²) in [6, 6.07) is 12.1. The number of hydrogen-bond acceptors (Lipinski definition) is 5. The van der Waals surface area contributed by atoms with Gasteiger partial charge in [0, 0.05) is 23.7 Å². The normalized spacial score (nSPS) is 10.4. The highest BCUT2D eigenvalue weighted by atomic mass is 35.5. The van der Waals surface area contributed by atoms with Crippen molar-refractivity contribution in [2.45, 2.75) is 18.0 Å². The molecule has 0 heterocycles. The molecule has 24 heavy (non-hydrogen) atoms. The van der Waals surface area contributed by atoms with Crippen molar-refractivity contribution in [3.8, 4) is 11.5 Å². The molecule has 2 rings (SSSR count). The Kier molecular flexibility index (Phi) is 8.25. The maximum Gasteiger partial charge on any atom is 0.161 e. The second-order valence-electron chi connectivity index (χ2n) is 5.44. The van der Waals surface area contributed by atoms with Gasteiger partial charge in [0.1, 0.15) is 0 Å². The van der Waals surface area contributed by atoms with Crippen LogP contribution in [0.25, 0.3) is 0 Å². The summed E-state index contributed by atoms with van der Waals surface area (Å²) >= 11 is 1.71. The third-order valence-electron chi connectivity index (χ3n) is 3.63. The smallest absolute Gasteiger partial charge is 0.161 e. The van der Waals surface area contributed by atoms with Gasteiger partial charge in [-0.25, -0.2) is 0 Å². The number of nitrogens with zero attached hydrogens (tertiary/aromatic N) is 1. The molecule has 0 atom stereocenters. The summed E-state index contributed by atoms with van der Waals surface area (Å²) in [7, 11) is 5.43. The fourth-order valence-corrected chi connectivity index (χ4v) is 3.18. The van der Waals surface area contributed by atoms with Gasteiger partial charge >= 0.3 is 0 Å². The Labute approximate surface area is 154 Å². The third kappa shape index (κ3) is 5.23. The maximum absolute atomic E-state index is 5.85. The van der Waals surface area contributed by atoms with Crippen LogP contribution in [0.1, 0.15) is 11.1 Å². The number of anilines is 1. The Hall–Kier alpha value is -1.56. The van der Waals surface area contributed by atoms with E-state index in [4.69, 9.17) is 15.2 Å². The first-order chi connectivity index (χ1) is 11.1. The summed E-state index contributed by atoms with van der Waals surface area (Å²) in [4.78, 5) is 3.46. The predicted octanol–water partition coefficient (Wildman–Crippen LogP) is 4.06. The molecule has 0 fully saturated rings. The fraction of sp³-hybridized carbons (Fsp3) is 0.333. The second-order valence-corrected chi connectivity index (χ2v) is 6.28. The van der Waals surface area contributed by atoms with Crippen LogP contribution in [0.15, 0.2) is 41.3 Å². The topological polar surface area (TPSA) is 47.7 Å². The van der Waals surface area contributed by atoms with Crippen LogP contribution in [-0.2, 0) is 13.1 Å². The molecule has 0 aliphatic rings. The molecule has 0 unspecified atom stereocenters. The van der Waals surface area contributed by atoms with E-state index in [2.05, 4.69) is 30.3 Å². The molecule has 0 bridgehead atoms. The van der Waals surface area contributed by atoms with Crippen molar-refractivity contribution < 1.29 is 9.47 Å². The highest BCUT2D eigenvalue weighted by Gasteiger charge is 2.12. The molecule has 6 heteroatoms. The van der Waals surface area contributed by atoms with E-state index in [0.29, 0.717) is 0 Å². The first-order valence-electron chi connectivity index (χ1n) is 7.39. The van der Waals surface area contributed by atoms with Crippen LogP contribution in [0.2, 0.25) is 0 Å². The number of methoxy groups -OCH3 is 2. The van der Waals surface area contributed by atoms with E-state index in [1.165, 1.54) is 16.0 Å². The Bertz CT molecular complexity index is 667. The van der Waals surface area contributed by atoms with Crippen LogP contribution in [0.5, 0.6) is 11.5 Å². The Morgan fingerprint density at radius 2 is 1.71 bits per heavy atom. The molecule has 2 N–H and O–H groups in total. The average molecular weight is 369 g/mol. The van der Waals surface area contributed by atoms with Gasteiger partial charge in [0.05, 0.1) is 14.2 Å². The highest BCUT2D eigenvalue weighted by Crippen LogP contribution is 2.35. The van der Waals surface area contributed by atoms with Crippen LogP contribution < -0.4 is 15.2 Å². The van der Waals surface area contributed by atoms with Crippen molar-refractivity contribution in [3.05, 3.63) is 47.5 Å². The third-order valence-corrected chi connectivity index (χ3v) is 4.45. The SMILES string of the molecule is COc1cc(CN(C)Cc2cccc(N)c2)c(SC)cc1OC.Cl. The fourth-order valence-electron chi connectivity index (χ4n) is 2.57. The summed E-state index contributed by atoms with van der Waals surface area (Å²) in [5.74, 6) is 1.52. The summed E-state index contributed by atoms with van der Waals surface area (Å²) < 4.78 is 10.8. The molecule has 0 aliphatic heterocycles. The van der Waals surface area contributed by atoms with Crippen molar-refractivity contribution in [1.82, 2.24) is 4.90 Å². The lowest BCUT2D eigenvalue weighted by molar-refractivity contribution is 0.313. The number of rotatable bonds is 7. The maximum atomic E-state index is 5.85. The average Bonchev–Trinajstić information content (AvgIpc) is 2.54. The minimum Gasteiger partial charge on any atom is -0.493 e. The van der Waals surface area contributed by atoms with Gasteiger partial charge in [-0.15, -0.1) is 24.2 Å². The van der Waals surface area contributed by atoms with Crippen LogP contribution in [0.4, 0.5) is 5.69 Å². The van der Waals surface area contributed by atoms with E-state index in [9.17, 15) is 0 Å². The first kappa shape index (κ1) is 20.5. The van der Waals surface area contributed by atoms with Gasteiger partial charge in [0.15, 0.2) is 11.5 Å². The van der Waals surface area contributed by atoms with E-state index in [1.807, 2.05) is 24.3 Å². The molecule has 132 valence electrons. The summed E-state index contributed by atoms with van der Waals surface area (Å²) in [5.41, 5.74) is 9.08. The van der Waals surface area contributed by atoms with E-state index in [1.54, 1.807) is 26.0 Å². The monoisotopic (exact) mass is 368 g/mol. The minimum absolute atomic E-state index is 0. The number of nitrogen functional groups attached to an aromatic ring is 1. The molecule has 0 aliphatic carbocycles. The number of nitrogens with two attached hydrogens (primary N) is 1. The van der Waals surface area contributed by atoms with Gasteiger partial charge in [-0.05, 0) is 48.7 Å². The van der Waals surface area contributed by atoms with E-state index in [-0.39, 0.29) is 12.4 Å². The molecule has 0 aromatic heterocycles. The Morgan fingerprint density at radius 1 is 1.04 bits per heavy atom. The second kappa shape index (κ2) is 9.67. The lowest BCUT2D eigenvalue weighted by Crippen LogP contribution is -2.18. The van der Waals surface area contributed by atoms with Gasteiger partial charge in [-0.2, -0.15) is 0 Å². The zero-order valence-corrected chi connectivity index (χ0v) is 16.2.